The molecule has 1 fully saturated rings. The Bertz CT molecular complexity index is 1760. The normalized spacial score (nSPS) is 20.1. The van der Waals surface area contributed by atoms with Gasteiger partial charge in [-0.25, -0.2) is 18.5 Å². The van der Waals surface area contributed by atoms with Gasteiger partial charge in [0.2, 0.25) is 27.7 Å². The van der Waals surface area contributed by atoms with Gasteiger partial charge in [-0.15, -0.1) is 0 Å². The third kappa shape index (κ3) is 4.98. The Morgan fingerprint density at radius 1 is 1.05 bits per heavy atom. The quantitative estimate of drug-likeness (QED) is 0.414. The number of sulfonamides is 1. The minimum absolute atomic E-state index is 0.158. The summed E-state index contributed by atoms with van der Waals surface area (Å²) in [5, 5.41) is 6.77. The monoisotopic (exact) mass is 626 g/mol. The second-order valence-electron chi connectivity index (χ2n) is 9.97. The summed E-state index contributed by atoms with van der Waals surface area (Å²) in [5.41, 5.74) is -2.56. The van der Waals surface area contributed by atoms with E-state index < -0.39 is 73.2 Å². The van der Waals surface area contributed by atoms with Gasteiger partial charge in [0.1, 0.15) is 11.8 Å². The summed E-state index contributed by atoms with van der Waals surface area (Å²) in [7, 11) is -3.93. The van der Waals surface area contributed by atoms with Crippen LogP contribution in [0.25, 0.3) is 0 Å². The van der Waals surface area contributed by atoms with Crippen LogP contribution < -0.4 is 20.2 Å². The SMILES string of the molecule is CC1(C)c2sc(=O)n(CC(=O)Nc3ccc(S(N)(=O)=O)cc3)c2S[C@@H]2C(=O)N(c3ccccc3C(F)(F)F)C(=O)[C@@H]21. The summed E-state index contributed by atoms with van der Waals surface area (Å²) in [6, 6.07) is 9.38. The average Bonchev–Trinajstić information content (AvgIpc) is 3.32. The molecule has 3 N–H and O–H groups in total. The Hall–Kier alpha value is -3.47. The van der Waals surface area contributed by atoms with Gasteiger partial charge in [0.05, 0.1) is 27.1 Å². The molecule has 1 saturated heterocycles. The minimum Gasteiger partial charge on any atom is -0.325 e. The molecule has 3 aromatic rings. The van der Waals surface area contributed by atoms with Crippen LogP contribution in [-0.2, 0) is 42.5 Å². The zero-order valence-corrected chi connectivity index (χ0v) is 23.7. The number of hydrogen-bond donors (Lipinski definition) is 2. The average molecular weight is 627 g/mol. The van der Waals surface area contributed by atoms with Gasteiger partial charge in [-0.3, -0.25) is 23.7 Å². The first-order valence-corrected chi connectivity index (χ1v) is 15.1. The van der Waals surface area contributed by atoms with E-state index in [1.165, 1.54) is 36.4 Å². The number of aromatic nitrogens is 1. The molecule has 0 aliphatic carbocycles. The van der Waals surface area contributed by atoms with E-state index in [2.05, 4.69) is 5.32 Å². The van der Waals surface area contributed by atoms with E-state index in [9.17, 15) is 40.8 Å². The van der Waals surface area contributed by atoms with E-state index >= 15 is 0 Å². The van der Waals surface area contributed by atoms with Crippen molar-refractivity contribution in [2.75, 3.05) is 10.2 Å². The highest BCUT2D eigenvalue weighted by atomic mass is 32.2. The number of anilines is 2. The van der Waals surface area contributed by atoms with E-state index in [1.54, 1.807) is 13.8 Å². The van der Waals surface area contributed by atoms with Crippen LogP contribution in [0.1, 0.15) is 24.3 Å². The molecule has 0 bridgehead atoms. The third-order valence-electron chi connectivity index (χ3n) is 6.92. The van der Waals surface area contributed by atoms with Crippen molar-refractivity contribution in [2.24, 2.45) is 11.1 Å². The van der Waals surface area contributed by atoms with Crippen LogP contribution in [0.4, 0.5) is 24.5 Å². The van der Waals surface area contributed by atoms with E-state index in [4.69, 9.17) is 5.14 Å². The number of imide groups is 1. The fourth-order valence-electron chi connectivity index (χ4n) is 4.98. The summed E-state index contributed by atoms with van der Waals surface area (Å²) in [4.78, 5) is 53.2. The van der Waals surface area contributed by atoms with Crippen LogP contribution in [0.3, 0.4) is 0 Å². The topological polar surface area (TPSA) is 149 Å². The number of benzene rings is 2. The first-order valence-electron chi connectivity index (χ1n) is 11.9. The molecular weight excluding hydrogens is 605 g/mol. The van der Waals surface area contributed by atoms with E-state index in [0.717, 1.165) is 39.8 Å². The predicted molar refractivity (Wildman–Crippen MR) is 145 cm³/mol. The molecule has 16 heteroatoms. The van der Waals surface area contributed by atoms with Gasteiger partial charge >= 0.3 is 11.0 Å². The van der Waals surface area contributed by atoms with Gasteiger partial charge in [-0.05, 0) is 36.4 Å². The highest BCUT2D eigenvalue weighted by Crippen LogP contribution is 2.55. The number of alkyl halides is 3. The molecule has 0 saturated carbocycles. The Morgan fingerprint density at radius 3 is 2.29 bits per heavy atom. The zero-order valence-electron chi connectivity index (χ0n) is 21.3. The molecule has 3 heterocycles. The molecule has 2 aliphatic rings. The molecular formula is C25H21F3N4O6S3. The van der Waals surface area contributed by atoms with Gasteiger partial charge in [0.25, 0.3) is 0 Å². The lowest BCUT2D eigenvalue weighted by molar-refractivity contribution is -0.137. The van der Waals surface area contributed by atoms with Crippen LogP contribution in [0, 0.1) is 5.92 Å². The minimum atomic E-state index is -4.81. The van der Waals surface area contributed by atoms with E-state index in [-0.39, 0.29) is 15.6 Å². The summed E-state index contributed by atoms with van der Waals surface area (Å²) < 4.78 is 65.2. The number of amides is 3. The molecule has 5 rings (SSSR count). The van der Waals surface area contributed by atoms with Crippen LogP contribution >= 0.6 is 23.1 Å². The fraction of sp³-hybridized carbons (Fsp3) is 0.280. The summed E-state index contributed by atoms with van der Waals surface area (Å²) in [5.74, 6) is -3.32. The number of nitrogens with two attached hydrogens (primary N) is 1. The highest BCUT2D eigenvalue weighted by Gasteiger charge is 2.60. The van der Waals surface area contributed by atoms with Gasteiger partial charge < -0.3 is 5.32 Å². The number of thioether (sulfide) groups is 1. The first-order chi connectivity index (χ1) is 19.0. The number of nitrogens with zero attached hydrogens (tertiary/aromatic N) is 2. The number of nitrogens with one attached hydrogen (secondary N) is 1. The molecule has 2 aliphatic heterocycles. The smallest absolute Gasteiger partial charge is 0.325 e. The van der Waals surface area contributed by atoms with Crippen LogP contribution in [0.5, 0.6) is 0 Å². The van der Waals surface area contributed by atoms with Gasteiger partial charge in [-0.2, -0.15) is 13.2 Å². The number of para-hydroxylation sites is 1. The van der Waals surface area contributed by atoms with E-state index in [0.29, 0.717) is 9.78 Å². The maximum atomic E-state index is 13.7. The Kier molecular flexibility index (Phi) is 6.95. The summed E-state index contributed by atoms with van der Waals surface area (Å²) in [6.07, 6.45) is -4.81. The molecule has 1 aromatic heterocycles. The van der Waals surface area contributed by atoms with Crippen molar-refractivity contribution in [3.63, 3.8) is 0 Å². The Labute approximate surface area is 239 Å². The van der Waals surface area contributed by atoms with Gasteiger partial charge in [0.15, 0.2) is 0 Å². The number of carbonyl (C=O) groups is 3. The third-order valence-corrected chi connectivity index (χ3v) is 10.7. The lowest BCUT2D eigenvalue weighted by Gasteiger charge is -2.36. The van der Waals surface area contributed by atoms with Crippen molar-refractivity contribution in [3.05, 3.63) is 68.6 Å². The zero-order chi connectivity index (χ0) is 30.1. The number of rotatable bonds is 5. The van der Waals surface area contributed by atoms with Crippen molar-refractivity contribution in [1.82, 2.24) is 4.57 Å². The van der Waals surface area contributed by atoms with Crippen LogP contribution in [0.2, 0.25) is 0 Å². The predicted octanol–water partition coefficient (Wildman–Crippen LogP) is 3.16. The van der Waals surface area contributed by atoms with Crippen LogP contribution in [0.15, 0.2) is 63.2 Å². The number of hydrogen-bond acceptors (Lipinski definition) is 8. The summed E-state index contributed by atoms with van der Waals surface area (Å²) in [6.45, 7) is 2.81. The molecule has 216 valence electrons. The standard InChI is InChI=1S/C25H21F3N4O6S3/c1-24(2)17-18(21(35)32(20(17)34)15-6-4-3-5-14(15)25(26,27)28)39-22-19(24)40-23(36)31(22)11-16(33)30-12-7-9-13(10-8-12)41(29,37)38/h3-10,17-18H,11H2,1-2H3,(H,30,33)(H2,29,37,38)/t17-,18+/m1/s1. The van der Waals surface area contributed by atoms with Crippen molar-refractivity contribution in [3.8, 4) is 0 Å². The van der Waals surface area contributed by atoms with Crippen molar-refractivity contribution < 1.29 is 36.0 Å². The second-order valence-corrected chi connectivity index (χ2v) is 13.6. The molecule has 0 unspecified atom stereocenters. The maximum absolute atomic E-state index is 13.7. The van der Waals surface area contributed by atoms with Gasteiger partial charge in [0, 0.05) is 16.0 Å². The van der Waals surface area contributed by atoms with E-state index in [1.807, 2.05) is 0 Å². The summed E-state index contributed by atoms with van der Waals surface area (Å²) >= 11 is 1.67. The maximum Gasteiger partial charge on any atom is 0.418 e. The van der Waals surface area contributed by atoms with Crippen molar-refractivity contribution in [1.29, 1.82) is 0 Å². The largest absolute Gasteiger partial charge is 0.418 e. The van der Waals surface area contributed by atoms with Crippen molar-refractivity contribution in [2.45, 2.75) is 47.2 Å². The number of halogens is 3. The number of fused-ring (bicyclic) bond motifs is 2. The molecule has 2 atom stereocenters. The molecule has 41 heavy (non-hydrogen) atoms. The molecule has 3 amide bonds. The molecule has 0 spiro atoms. The number of carbonyl (C=O) groups excluding carboxylic acids is 3. The second kappa shape index (κ2) is 9.82. The highest BCUT2D eigenvalue weighted by molar-refractivity contribution is 8.01. The van der Waals surface area contributed by atoms with Gasteiger partial charge in [-0.1, -0.05) is 49.1 Å². The molecule has 2 aromatic carbocycles. The molecule has 10 nitrogen and oxygen atoms in total. The lowest BCUT2D eigenvalue weighted by atomic mass is 9.76. The first kappa shape index (κ1) is 29.0. The fourth-order valence-corrected chi connectivity index (χ4v) is 8.54. The van der Waals surface area contributed by atoms with Crippen molar-refractivity contribution >= 4 is 62.2 Å². The van der Waals surface area contributed by atoms with Crippen LogP contribution in [-0.4, -0.2) is 36.0 Å². The number of thiazole rings is 1. The Morgan fingerprint density at radius 2 is 1.68 bits per heavy atom. The Balaban J connectivity index is 1.45. The number of primary sulfonamides is 1. The molecule has 0 radical (unpaired) electrons. The lowest BCUT2D eigenvalue weighted by Crippen LogP contribution is -2.42.